The lowest BCUT2D eigenvalue weighted by atomic mass is 10.1. The molecule has 1 fully saturated rings. The second-order valence-electron chi connectivity index (χ2n) is 4.40. The van der Waals surface area contributed by atoms with Crippen LogP contribution in [0.4, 0.5) is 0 Å². The van der Waals surface area contributed by atoms with Crippen molar-refractivity contribution in [3.8, 4) is 0 Å². The Morgan fingerprint density at radius 1 is 1.47 bits per heavy atom. The van der Waals surface area contributed by atoms with Gasteiger partial charge in [-0.15, -0.1) is 0 Å². The number of carbonyl (C=O) groups is 2. The van der Waals surface area contributed by atoms with Crippen LogP contribution in [-0.2, 0) is 14.3 Å². The minimum Gasteiger partial charge on any atom is -0.481 e. The smallest absolute Gasteiger partial charge is 0.305 e. The Labute approximate surface area is 101 Å². The Bertz CT molecular complexity index is 281. The van der Waals surface area contributed by atoms with E-state index in [1.165, 1.54) is 0 Å². The Balaban J connectivity index is 2.42. The maximum Gasteiger partial charge on any atom is 0.305 e. The average Bonchev–Trinajstić information content (AvgIpc) is 2.26. The van der Waals surface area contributed by atoms with Gasteiger partial charge in [-0.1, -0.05) is 0 Å². The molecule has 0 aromatic carbocycles. The van der Waals surface area contributed by atoms with E-state index in [0.717, 1.165) is 0 Å². The standard InChI is InChI=1S/C11H20N2O4/c1-12(2)10(14)3-4-13-5-6-17-8-9(13)7-11(15)16/h9H,3-8H2,1-2H3,(H,15,16). The molecule has 1 saturated heterocycles. The molecular weight excluding hydrogens is 224 g/mol. The molecule has 1 unspecified atom stereocenters. The molecule has 1 heterocycles. The number of carboxylic acids is 1. The quantitative estimate of drug-likeness (QED) is 0.715. The predicted molar refractivity (Wildman–Crippen MR) is 61.7 cm³/mol. The molecule has 1 amide bonds. The molecule has 0 radical (unpaired) electrons. The van der Waals surface area contributed by atoms with Crippen molar-refractivity contribution >= 4 is 11.9 Å². The molecule has 1 rings (SSSR count). The molecule has 98 valence electrons. The molecule has 0 bridgehead atoms. The second-order valence-corrected chi connectivity index (χ2v) is 4.40. The second kappa shape index (κ2) is 6.56. The number of carboxylic acid groups (broad SMARTS) is 1. The number of carbonyl (C=O) groups excluding carboxylic acids is 1. The van der Waals surface area contributed by atoms with Crippen molar-refractivity contribution in [3.05, 3.63) is 0 Å². The first kappa shape index (κ1) is 13.9. The van der Waals surface area contributed by atoms with E-state index in [2.05, 4.69) is 0 Å². The van der Waals surface area contributed by atoms with Crippen LogP contribution in [-0.4, -0.2) is 73.2 Å². The highest BCUT2D eigenvalue weighted by molar-refractivity contribution is 5.75. The topological polar surface area (TPSA) is 70.1 Å². The molecule has 1 N–H and O–H groups in total. The van der Waals surface area contributed by atoms with Gasteiger partial charge in [0.05, 0.1) is 19.6 Å². The highest BCUT2D eigenvalue weighted by Gasteiger charge is 2.25. The zero-order valence-corrected chi connectivity index (χ0v) is 10.4. The van der Waals surface area contributed by atoms with Gasteiger partial charge in [-0.25, -0.2) is 0 Å². The van der Waals surface area contributed by atoms with Crippen LogP contribution in [0.2, 0.25) is 0 Å². The summed E-state index contributed by atoms with van der Waals surface area (Å²) in [5.41, 5.74) is 0. The highest BCUT2D eigenvalue weighted by atomic mass is 16.5. The van der Waals surface area contributed by atoms with Gasteiger partial charge in [0.1, 0.15) is 0 Å². The molecule has 0 aromatic heterocycles. The van der Waals surface area contributed by atoms with Crippen LogP contribution in [0, 0.1) is 0 Å². The van der Waals surface area contributed by atoms with Crippen molar-refractivity contribution in [2.24, 2.45) is 0 Å². The summed E-state index contributed by atoms with van der Waals surface area (Å²) in [6.45, 7) is 2.33. The maximum atomic E-state index is 11.5. The fraction of sp³-hybridized carbons (Fsp3) is 0.818. The van der Waals surface area contributed by atoms with E-state index in [1.807, 2.05) is 4.90 Å². The molecule has 0 aliphatic carbocycles. The van der Waals surface area contributed by atoms with E-state index in [-0.39, 0.29) is 18.4 Å². The number of nitrogens with zero attached hydrogens (tertiary/aromatic N) is 2. The van der Waals surface area contributed by atoms with Crippen LogP contribution >= 0.6 is 0 Å². The monoisotopic (exact) mass is 244 g/mol. The largest absolute Gasteiger partial charge is 0.481 e. The maximum absolute atomic E-state index is 11.5. The summed E-state index contributed by atoms with van der Waals surface area (Å²) in [5, 5.41) is 8.79. The van der Waals surface area contributed by atoms with Crippen molar-refractivity contribution in [2.45, 2.75) is 18.9 Å². The fourth-order valence-electron chi connectivity index (χ4n) is 1.84. The number of rotatable bonds is 5. The minimum absolute atomic E-state index is 0.0607. The minimum atomic E-state index is -0.829. The van der Waals surface area contributed by atoms with E-state index < -0.39 is 5.97 Å². The van der Waals surface area contributed by atoms with Gasteiger partial charge in [0.25, 0.3) is 0 Å². The fourth-order valence-corrected chi connectivity index (χ4v) is 1.84. The van der Waals surface area contributed by atoms with Gasteiger partial charge in [0.2, 0.25) is 5.91 Å². The molecule has 0 saturated carbocycles. The van der Waals surface area contributed by atoms with E-state index in [1.54, 1.807) is 19.0 Å². The van der Waals surface area contributed by atoms with Gasteiger partial charge in [-0.05, 0) is 0 Å². The summed E-state index contributed by atoms with van der Waals surface area (Å²) in [4.78, 5) is 25.7. The van der Waals surface area contributed by atoms with Crippen molar-refractivity contribution in [1.82, 2.24) is 9.80 Å². The van der Waals surface area contributed by atoms with Crippen molar-refractivity contribution < 1.29 is 19.4 Å². The number of amides is 1. The highest BCUT2D eigenvalue weighted by Crippen LogP contribution is 2.11. The summed E-state index contributed by atoms with van der Waals surface area (Å²) < 4.78 is 5.27. The van der Waals surface area contributed by atoms with Crippen LogP contribution in [0.5, 0.6) is 0 Å². The van der Waals surface area contributed by atoms with Crippen molar-refractivity contribution in [1.29, 1.82) is 0 Å². The first-order chi connectivity index (χ1) is 8.00. The van der Waals surface area contributed by atoms with Crippen LogP contribution in [0.25, 0.3) is 0 Å². The van der Waals surface area contributed by atoms with Crippen LogP contribution in [0.1, 0.15) is 12.8 Å². The first-order valence-electron chi connectivity index (χ1n) is 5.74. The lowest BCUT2D eigenvalue weighted by molar-refractivity contribution is -0.140. The van der Waals surface area contributed by atoms with Crippen LogP contribution < -0.4 is 0 Å². The third-order valence-corrected chi connectivity index (χ3v) is 2.87. The third kappa shape index (κ3) is 4.70. The van der Waals surface area contributed by atoms with Crippen molar-refractivity contribution in [3.63, 3.8) is 0 Å². The van der Waals surface area contributed by atoms with Crippen LogP contribution in [0.15, 0.2) is 0 Å². The Kier molecular flexibility index (Phi) is 5.37. The Morgan fingerprint density at radius 2 is 2.18 bits per heavy atom. The molecule has 1 aliphatic rings. The molecule has 0 spiro atoms. The number of hydrogen-bond acceptors (Lipinski definition) is 4. The lowest BCUT2D eigenvalue weighted by Gasteiger charge is -2.34. The number of ether oxygens (including phenoxy) is 1. The number of aliphatic carboxylic acids is 1. The summed E-state index contributed by atoms with van der Waals surface area (Å²) in [6, 6.07) is -0.115. The summed E-state index contributed by atoms with van der Waals surface area (Å²) in [7, 11) is 3.44. The van der Waals surface area contributed by atoms with E-state index in [0.29, 0.717) is 32.7 Å². The lowest BCUT2D eigenvalue weighted by Crippen LogP contribution is -2.47. The summed E-state index contributed by atoms with van der Waals surface area (Å²) in [6.07, 6.45) is 0.485. The van der Waals surface area contributed by atoms with Gasteiger partial charge < -0.3 is 14.7 Å². The average molecular weight is 244 g/mol. The SMILES string of the molecule is CN(C)C(=O)CCN1CCOCC1CC(=O)O. The van der Waals surface area contributed by atoms with Gasteiger partial charge in [0, 0.05) is 39.6 Å². The van der Waals surface area contributed by atoms with Gasteiger partial charge >= 0.3 is 5.97 Å². The summed E-state index contributed by atoms with van der Waals surface area (Å²) >= 11 is 0. The molecule has 1 atom stereocenters. The molecule has 1 aliphatic heterocycles. The zero-order valence-electron chi connectivity index (χ0n) is 10.4. The number of morpholine rings is 1. The van der Waals surface area contributed by atoms with Crippen molar-refractivity contribution in [2.75, 3.05) is 40.4 Å². The number of hydrogen-bond donors (Lipinski definition) is 1. The zero-order chi connectivity index (χ0) is 12.8. The van der Waals surface area contributed by atoms with E-state index >= 15 is 0 Å². The Morgan fingerprint density at radius 3 is 2.76 bits per heavy atom. The molecule has 17 heavy (non-hydrogen) atoms. The van der Waals surface area contributed by atoms with E-state index in [4.69, 9.17) is 9.84 Å². The molecule has 6 heteroatoms. The van der Waals surface area contributed by atoms with Gasteiger partial charge in [0.15, 0.2) is 0 Å². The van der Waals surface area contributed by atoms with Crippen LogP contribution in [0.3, 0.4) is 0 Å². The first-order valence-corrected chi connectivity index (χ1v) is 5.74. The molecule has 6 nitrogen and oxygen atoms in total. The van der Waals surface area contributed by atoms with Gasteiger partial charge in [-0.3, -0.25) is 14.5 Å². The third-order valence-electron chi connectivity index (χ3n) is 2.87. The summed E-state index contributed by atoms with van der Waals surface area (Å²) in [5.74, 6) is -0.769. The molecular formula is C11H20N2O4. The normalized spacial score (nSPS) is 21.2. The van der Waals surface area contributed by atoms with E-state index in [9.17, 15) is 9.59 Å². The predicted octanol–water partition coefficient (Wildman–Crippen LogP) is -0.360. The Hall–Kier alpha value is -1.14. The molecule has 0 aromatic rings. The van der Waals surface area contributed by atoms with Gasteiger partial charge in [-0.2, -0.15) is 0 Å².